The number of carbonyl (C=O) groups is 1. The average Bonchev–Trinajstić information content (AvgIpc) is 3.47. The summed E-state index contributed by atoms with van der Waals surface area (Å²) in [6, 6.07) is 8.61. The summed E-state index contributed by atoms with van der Waals surface area (Å²) >= 11 is 0. The zero-order chi connectivity index (χ0) is 19.1. The Hall–Kier alpha value is -2.70. The Morgan fingerprint density at radius 1 is 1.18 bits per heavy atom. The number of aromatic nitrogens is 5. The van der Waals surface area contributed by atoms with Crippen molar-refractivity contribution in [2.75, 3.05) is 6.54 Å². The number of hydrogen-bond acceptors (Lipinski definition) is 4. The van der Waals surface area contributed by atoms with Crippen molar-refractivity contribution in [1.82, 2.24) is 29.4 Å². The number of imidazole rings is 1. The first-order valence-electron chi connectivity index (χ1n) is 10.4. The molecule has 1 aliphatic carbocycles. The molecule has 1 atom stereocenters. The number of aryl methyl sites for hydroxylation is 1. The fourth-order valence-corrected chi connectivity index (χ4v) is 4.85. The molecule has 0 unspecified atom stereocenters. The van der Waals surface area contributed by atoms with Crippen LogP contribution in [0.5, 0.6) is 0 Å². The third-order valence-corrected chi connectivity index (χ3v) is 6.19. The minimum atomic E-state index is 0.310. The van der Waals surface area contributed by atoms with Crippen molar-refractivity contribution < 1.29 is 4.79 Å². The van der Waals surface area contributed by atoms with Gasteiger partial charge in [0.15, 0.2) is 5.82 Å². The molecule has 0 N–H and O–H groups in total. The SMILES string of the molecule is CCn1c(-c2cn(C[C@@H]3CC(=O)N(C4CCCC4)C3)nn2)nc2ccccc21. The molecule has 1 aliphatic heterocycles. The molecule has 146 valence electrons. The van der Waals surface area contributed by atoms with Crippen LogP contribution >= 0.6 is 0 Å². The van der Waals surface area contributed by atoms with Crippen LogP contribution in [0.3, 0.4) is 0 Å². The molecule has 0 radical (unpaired) electrons. The van der Waals surface area contributed by atoms with Crippen molar-refractivity contribution in [2.24, 2.45) is 5.92 Å². The minimum absolute atomic E-state index is 0.310. The van der Waals surface area contributed by atoms with E-state index in [9.17, 15) is 4.79 Å². The van der Waals surface area contributed by atoms with Gasteiger partial charge in [0.05, 0.1) is 17.2 Å². The highest BCUT2D eigenvalue weighted by Crippen LogP contribution is 2.30. The van der Waals surface area contributed by atoms with Crippen molar-refractivity contribution in [3.05, 3.63) is 30.5 Å². The van der Waals surface area contributed by atoms with Crippen molar-refractivity contribution in [1.29, 1.82) is 0 Å². The predicted octanol–water partition coefficient (Wildman–Crippen LogP) is 3.11. The Balaban J connectivity index is 1.34. The van der Waals surface area contributed by atoms with Gasteiger partial charge in [0.2, 0.25) is 5.91 Å². The standard InChI is InChI=1S/C21H26N6O/c1-2-26-19-10-6-5-9-17(19)22-21(26)18-14-25(24-23-18)12-15-11-20(28)27(13-15)16-7-3-4-8-16/h5-6,9-10,14-16H,2-4,7-8,11-13H2,1H3/t15-/m0/s1. The molecule has 3 aromatic rings. The molecule has 0 bridgehead atoms. The summed E-state index contributed by atoms with van der Waals surface area (Å²) in [4.78, 5) is 19.3. The monoisotopic (exact) mass is 378 g/mol. The fraction of sp³-hybridized carbons (Fsp3) is 0.524. The normalized spacial score (nSPS) is 20.7. The van der Waals surface area contributed by atoms with Gasteiger partial charge in [-0.15, -0.1) is 5.10 Å². The van der Waals surface area contributed by atoms with Gasteiger partial charge in [-0.25, -0.2) is 4.98 Å². The van der Waals surface area contributed by atoms with Crippen molar-refractivity contribution in [3.8, 4) is 11.5 Å². The summed E-state index contributed by atoms with van der Waals surface area (Å²) in [6.45, 7) is 4.53. The zero-order valence-corrected chi connectivity index (χ0v) is 16.3. The molecule has 1 aromatic carbocycles. The van der Waals surface area contributed by atoms with E-state index in [0.717, 1.165) is 42.2 Å². The predicted molar refractivity (Wildman–Crippen MR) is 106 cm³/mol. The lowest BCUT2D eigenvalue weighted by atomic mass is 10.1. The van der Waals surface area contributed by atoms with Gasteiger partial charge in [-0.05, 0) is 31.9 Å². The molecule has 1 saturated heterocycles. The number of rotatable bonds is 5. The van der Waals surface area contributed by atoms with Gasteiger partial charge < -0.3 is 9.47 Å². The lowest BCUT2D eigenvalue weighted by Crippen LogP contribution is -2.34. The molecule has 5 rings (SSSR count). The number of likely N-dealkylation sites (tertiary alicyclic amines) is 1. The van der Waals surface area contributed by atoms with E-state index >= 15 is 0 Å². The molecule has 1 saturated carbocycles. The zero-order valence-electron chi connectivity index (χ0n) is 16.3. The van der Waals surface area contributed by atoms with Crippen molar-refractivity contribution in [3.63, 3.8) is 0 Å². The second kappa shape index (κ2) is 7.04. The smallest absolute Gasteiger partial charge is 0.223 e. The third kappa shape index (κ3) is 2.99. The summed E-state index contributed by atoms with van der Waals surface area (Å²) in [5, 5.41) is 8.71. The first kappa shape index (κ1) is 17.4. The Kier molecular flexibility index (Phi) is 4.37. The van der Waals surface area contributed by atoms with Crippen molar-refractivity contribution >= 4 is 16.9 Å². The number of amides is 1. The largest absolute Gasteiger partial charge is 0.339 e. The number of carbonyl (C=O) groups excluding carboxylic acids is 1. The van der Waals surface area contributed by atoms with Gasteiger partial charge in [-0.1, -0.05) is 30.2 Å². The summed E-state index contributed by atoms with van der Waals surface area (Å²) in [7, 11) is 0. The van der Waals surface area contributed by atoms with Gasteiger partial charge in [0, 0.05) is 38.0 Å². The van der Waals surface area contributed by atoms with Crippen LogP contribution in [0.1, 0.15) is 39.0 Å². The number of fused-ring (bicyclic) bond motifs is 1. The molecular weight excluding hydrogens is 352 g/mol. The maximum Gasteiger partial charge on any atom is 0.223 e. The minimum Gasteiger partial charge on any atom is -0.339 e. The van der Waals surface area contributed by atoms with Gasteiger partial charge in [-0.2, -0.15) is 0 Å². The Labute approximate surface area is 164 Å². The summed E-state index contributed by atoms with van der Waals surface area (Å²) in [6.07, 6.45) is 7.43. The molecule has 7 heteroatoms. The van der Waals surface area contributed by atoms with Crippen molar-refractivity contribution in [2.45, 2.75) is 58.2 Å². The second-order valence-electron chi connectivity index (χ2n) is 8.05. The first-order valence-corrected chi connectivity index (χ1v) is 10.4. The van der Waals surface area contributed by atoms with Gasteiger partial charge in [0.1, 0.15) is 5.69 Å². The Bertz CT molecular complexity index is 999. The summed E-state index contributed by atoms with van der Waals surface area (Å²) < 4.78 is 4.05. The molecule has 1 amide bonds. The Morgan fingerprint density at radius 2 is 2.00 bits per heavy atom. The third-order valence-electron chi connectivity index (χ3n) is 6.19. The highest BCUT2D eigenvalue weighted by Gasteiger charge is 2.35. The molecule has 2 aliphatic rings. The summed E-state index contributed by atoms with van der Waals surface area (Å²) in [5.41, 5.74) is 2.88. The molecule has 2 aromatic heterocycles. The number of nitrogens with zero attached hydrogens (tertiary/aromatic N) is 6. The molecule has 7 nitrogen and oxygen atoms in total. The Morgan fingerprint density at radius 3 is 2.82 bits per heavy atom. The number of hydrogen-bond donors (Lipinski definition) is 0. The highest BCUT2D eigenvalue weighted by atomic mass is 16.2. The van der Waals surface area contributed by atoms with Crippen LogP contribution < -0.4 is 0 Å². The van der Waals surface area contributed by atoms with E-state index in [4.69, 9.17) is 4.98 Å². The molecule has 2 fully saturated rings. The fourth-order valence-electron chi connectivity index (χ4n) is 4.85. The number of para-hydroxylation sites is 2. The molecule has 28 heavy (non-hydrogen) atoms. The van der Waals surface area contributed by atoms with Gasteiger partial charge in [-0.3, -0.25) is 9.48 Å². The highest BCUT2D eigenvalue weighted by molar-refractivity contribution is 5.80. The van der Waals surface area contributed by atoms with E-state index in [1.807, 2.05) is 29.1 Å². The van der Waals surface area contributed by atoms with Crippen LogP contribution in [0, 0.1) is 5.92 Å². The van der Waals surface area contributed by atoms with E-state index in [-0.39, 0.29) is 0 Å². The molecule has 3 heterocycles. The topological polar surface area (TPSA) is 68.8 Å². The number of benzene rings is 1. The lowest BCUT2D eigenvalue weighted by Gasteiger charge is -2.24. The van der Waals surface area contributed by atoms with E-state index in [0.29, 0.717) is 24.3 Å². The second-order valence-corrected chi connectivity index (χ2v) is 8.05. The molecular formula is C21H26N6O. The van der Waals surface area contributed by atoms with Crippen LogP contribution in [0.4, 0.5) is 0 Å². The van der Waals surface area contributed by atoms with E-state index in [1.165, 1.54) is 25.7 Å². The van der Waals surface area contributed by atoms with Crippen LogP contribution in [-0.2, 0) is 17.9 Å². The van der Waals surface area contributed by atoms with E-state index < -0.39 is 0 Å². The lowest BCUT2D eigenvalue weighted by molar-refractivity contribution is -0.129. The van der Waals surface area contributed by atoms with Crippen LogP contribution in [0.25, 0.3) is 22.6 Å². The first-order chi connectivity index (χ1) is 13.7. The summed E-state index contributed by atoms with van der Waals surface area (Å²) in [5.74, 6) is 1.47. The van der Waals surface area contributed by atoms with Crippen LogP contribution in [-0.4, -0.2) is 47.9 Å². The van der Waals surface area contributed by atoms with Crippen LogP contribution in [0.15, 0.2) is 30.5 Å². The van der Waals surface area contributed by atoms with Crippen LogP contribution in [0.2, 0.25) is 0 Å². The van der Waals surface area contributed by atoms with E-state index in [2.05, 4.69) is 32.8 Å². The molecule has 0 spiro atoms. The maximum absolute atomic E-state index is 12.4. The maximum atomic E-state index is 12.4. The van der Waals surface area contributed by atoms with E-state index in [1.54, 1.807) is 0 Å². The van der Waals surface area contributed by atoms with Gasteiger partial charge >= 0.3 is 0 Å². The average molecular weight is 378 g/mol. The van der Waals surface area contributed by atoms with Gasteiger partial charge in [0.25, 0.3) is 0 Å². The quantitative estimate of drug-likeness (QED) is 0.684.